The van der Waals surface area contributed by atoms with Gasteiger partial charge in [-0.1, -0.05) is 32.0 Å². The van der Waals surface area contributed by atoms with E-state index in [9.17, 15) is 9.90 Å². The molecule has 12 heteroatoms. The minimum absolute atomic E-state index is 0.0134. The van der Waals surface area contributed by atoms with Gasteiger partial charge >= 0.3 is 0 Å². The highest BCUT2D eigenvalue weighted by atomic mass is 79.9. The van der Waals surface area contributed by atoms with Gasteiger partial charge in [-0.25, -0.2) is 14.7 Å². The van der Waals surface area contributed by atoms with Gasteiger partial charge in [0.2, 0.25) is 5.79 Å². The fourth-order valence-corrected chi connectivity index (χ4v) is 3.47. The van der Waals surface area contributed by atoms with Crippen LogP contribution in [0.5, 0.6) is 0 Å². The summed E-state index contributed by atoms with van der Waals surface area (Å²) in [5, 5.41) is 25.5. The van der Waals surface area contributed by atoms with E-state index in [1.54, 1.807) is 18.2 Å². The third-order valence-corrected chi connectivity index (χ3v) is 5.06. The van der Waals surface area contributed by atoms with Gasteiger partial charge in [0.1, 0.15) is 5.52 Å². The predicted octanol–water partition coefficient (Wildman–Crippen LogP) is 3.35. The number of rotatable bonds is 6. The van der Waals surface area contributed by atoms with Gasteiger partial charge in [0.05, 0.1) is 33.3 Å². The van der Waals surface area contributed by atoms with Crippen molar-refractivity contribution in [1.82, 2.24) is 15.1 Å². The number of nitrogens with zero attached hydrogens (tertiary/aromatic N) is 2. The number of aliphatic hydroxyl groups is 2. The number of carbonyl (C=O) groups is 1. The standard InChI is InChI=1S/C16H13BrClFN4O4S/c1-16(26,6-24)27-22-15(25)8-5-11-14(21-23-28-11)12(19)13(8)20-10-3-2-7(17)4-9(10)18/h2-5,20,24,26H,6H2,1H3,(H,22,25). The van der Waals surface area contributed by atoms with Crippen LogP contribution in [0.2, 0.25) is 5.02 Å². The van der Waals surface area contributed by atoms with Crippen LogP contribution in [0.1, 0.15) is 17.3 Å². The number of benzene rings is 2. The molecule has 0 radical (unpaired) electrons. The second-order valence-electron chi connectivity index (χ2n) is 5.85. The quantitative estimate of drug-likeness (QED) is 0.309. The monoisotopic (exact) mass is 490 g/mol. The van der Waals surface area contributed by atoms with Crippen molar-refractivity contribution in [2.24, 2.45) is 0 Å². The molecule has 2 aromatic carbocycles. The summed E-state index contributed by atoms with van der Waals surface area (Å²) in [6, 6.07) is 6.27. The van der Waals surface area contributed by atoms with E-state index in [0.717, 1.165) is 22.9 Å². The summed E-state index contributed by atoms with van der Waals surface area (Å²) in [6.07, 6.45) is 0. The highest BCUT2D eigenvalue weighted by Crippen LogP contribution is 2.34. The topological polar surface area (TPSA) is 117 Å². The van der Waals surface area contributed by atoms with Crippen molar-refractivity contribution < 1.29 is 24.2 Å². The summed E-state index contributed by atoms with van der Waals surface area (Å²) in [6.45, 7) is 0.379. The van der Waals surface area contributed by atoms with E-state index in [1.165, 1.54) is 6.07 Å². The van der Waals surface area contributed by atoms with Crippen molar-refractivity contribution >= 4 is 66.6 Å². The van der Waals surface area contributed by atoms with E-state index >= 15 is 4.39 Å². The Hall–Kier alpha value is -1.89. The highest BCUT2D eigenvalue weighted by Gasteiger charge is 2.25. The summed E-state index contributed by atoms with van der Waals surface area (Å²) < 4.78 is 19.8. The number of fused-ring (bicyclic) bond motifs is 1. The zero-order valence-electron chi connectivity index (χ0n) is 14.2. The van der Waals surface area contributed by atoms with E-state index in [2.05, 4.69) is 30.8 Å². The van der Waals surface area contributed by atoms with Gasteiger partial charge in [0.15, 0.2) is 5.82 Å². The Labute approximate surface area is 175 Å². The molecule has 0 aliphatic rings. The predicted molar refractivity (Wildman–Crippen MR) is 106 cm³/mol. The molecule has 0 spiro atoms. The Morgan fingerprint density at radius 2 is 2.21 bits per heavy atom. The second kappa shape index (κ2) is 8.23. The van der Waals surface area contributed by atoms with Crippen LogP contribution in [0.3, 0.4) is 0 Å². The van der Waals surface area contributed by atoms with Gasteiger partial charge in [-0.15, -0.1) is 5.10 Å². The molecule has 0 fully saturated rings. The lowest BCUT2D eigenvalue weighted by Crippen LogP contribution is -2.41. The number of amides is 1. The van der Waals surface area contributed by atoms with Crippen LogP contribution >= 0.6 is 39.1 Å². The van der Waals surface area contributed by atoms with E-state index in [1.807, 2.05) is 5.48 Å². The number of aliphatic hydroxyl groups excluding tert-OH is 1. The number of hydroxylamine groups is 1. The lowest BCUT2D eigenvalue weighted by atomic mass is 10.1. The van der Waals surface area contributed by atoms with Crippen LogP contribution in [-0.2, 0) is 4.84 Å². The fourth-order valence-electron chi connectivity index (χ4n) is 2.15. The maximum Gasteiger partial charge on any atom is 0.277 e. The minimum Gasteiger partial charge on any atom is -0.391 e. The number of halogens is 3. The van der Waals surface area contributed by atoms with Gasteiger partial charge in [-0.2, -0.15) is 0 Å². The van der Waals surface area contributed by atoms with Crippen molar-refractivity contribution in [1.29, 1.82) is 0 Å². The van der Waals surface area contributed by atoms with Crippen LogP contribution in [0, 0.1) is 5.82 Å². The molecule has 28 heavy (non-hydrogen) atoms. The number of aromatic nitrogens is 2. The average molecular weight is 492 g/mol. The molecule has 3 rings (SSSR count). The molecule has 0 aliphatic heterocycles. The Morgan fingerprint density at radius 1 is 1.46 bits per heavy atom. The maximum atomic E-state index is 15.0. The smallest absolute Gasteiger partial charge is 0.277 e. The SMILES string of the molecule is CC(O)(CO)ONC(=O)c1cc2snnc2c(F)c1Nc1ccc(Br)cc1Cl. The van der Waals surface area contributed by atoms with Crippen molar-refractivity contribution in [2.45, 2.75) is 12.7 Å². The fraction of sp³-hybridized carbons (Fsp3) is 0.188. The molecule has 0 saturated heterocycles. The third-order valence-electron chi connectivity index (χ3n) is 3.58. The lowest BCUT2D eigenvalue weighted by molar-refractivity contribution is -0.235. The number of hydrogen-bond donors (Lipinski definition) is 4. The first-order valence-corrected chi connectivity index (χ1v) is 9.64. The van der Waals surface area contributed by atoms with Gasteiger partial charge in [-0.05, 0) is 42.7 Å². The normalized spacial score (nSPS) is 13.4. The lowest BCUT2D eigenvalue weighted by Gasteiger charge is -2.21. The molecule has 1 heterocycles. The molecule has 3 aromatic rings. The molecule has 8 nitrogen and oxygen atoms in total. The molecule has 0 aliphatic carbocycles. The van der Waals surface area contributed by atoms with Crippen LogP contribution in [0.15, 0.2) is 28.7 Å². The van der Waals surface area contributed by atoms with E-state index in [0.29, 0.717) is 10.4 Å². The molecule has 148 valence electrons. The minimum atomic E-state index is -2.01. The molecule has 4 N–H and O–H groups in total. The number of hydrogen-bond acceptors (Lipinski definition) is 8. The summed E-state index contributed by atoms with van der Waals surface area (Å²) in [5.74, 6) is -3.67. The van der Waals surface area contributed by atoms with Gasteiger partial charge in [0.25, 0.3) is 5.91 Å². The number of nitrogens with one attached hydrogen (secondary N) is 2. The molecule has 1 aromatic heterocycles. The summed E-state index contributed by atoms with van der Waals surface area (Å²) in [5.41, 5.74) is 1.99. The van der Waals surface area contributed by atoms with Crippen molar-refractivity contribution in [2.75, 3.05) is 11.9 Å². The van der Waals surface area contributed by atoms with E-state index in [4.69, 9.17) is 21.5 Å². The number of carbonyl (C=O) groups excluding carboxylic acids is 1. The van der Waals surface area contributed by atoms with Crippen molar-refractivity contribution in [3.63, 3.8) is 0 Å². The van der Waals surface area contributed by atoms with E-state index < -0.39 is 24.1 Å². The molecular formula is C16H13BrClFN4O4S. The average Bonchev–Trinajstić information content (AvgIpc) is 3.12. The van der Waals surface area contributed by atoms with Gasteiger partial charge in [0, 0.05) is 4.47 Å². The van der Waals surface area contributed by atoms with Crippen LogP contribution in [0.4, 0.5) is 15.8 Å². The summed E-state index contributed by atoms with van der Waals surface area (Å²) in [4.78, 5) is 17.3. The second-order valence-corrected chi connectivity index (χ2v) is 7.96. The van der Waals surface area contributed by atoms with E-state index in [-0.39, 0.29) is 21.8 Å². The van der Waals surface area contributed by atoms with Crippen molar-refractivity contribution in [3.8, 4) is 0 Å². The highest BCUT2D eigenvalue weighted by molar-refractivity contribution is 9.10. The first-order chi connectivity index (χ1) is 13.2. The Morgan fingerprint density at radius 3 is 2.89 bits per heavy atom. The largest absolute Gasteiger partial charge is 0.391 e. The van der Waals surface area contributed by atoms with Gasteiger partial charge < -0.3 is 15.5 Å². The maximum absolute atomic E-state index is 15.0. The molecule has 0 bridgehead atoms. The Bertz CT molecular complexity index is 1050. The zero-order chi connectivity index (χ0) is 20.5. The summed E-state index contributed by atoms with van der Waals surface area (Å²) in [7, 11) is 0. The zero-order valence-corrected chi connectivity index (χ0v) is 17.3. The first kappa shape index (κ1) is 20.8. The van der Waals surface area contributed by atoms with Crippen molar-refractivity contribution in [3.05, 3.63) is 45.1 Å². The van der Waals surface area contributed by atoms with Crippen LogP contribution in [0.25, 0.3) is 10.2 Å². The molecule has 1 unspecified atom stereocenters. The molecule has 0 saturated carbocycles. The van der Waals surface area contributed by atoms with Crippen LogP contribution in [-0.4, -0.2) is 38.1 Å². The first-order valence-electron chi connectivity index (χ1n) is 7.70. The Kier molecular flexibility index (Phi) is 6.12. The van der Waals surface area contributed by atoms with Gasteiger partial charge in [-0.3, -0.25) is 4.79 Å². The number of anilines is 2. The third kappa shape index (κ3) is 4.40. The molecule has 1 amide bonds. The summed E-state index contributed by atoms with van der Waals surface area (Å²) >= 11 is 10.4. The molecular weight excluding hydrogens is 479 g/mol. The van der Waals surface area contributed by atoms with Crippen LogP contribution < -0.4 is 10.8 Å². The Balaban J connectivity index is 2.03. The molecule has 1 atom stereocenters.